The summed E-state index contributed by atoms with van der Waals surface area (Å²) in [6, 6.07) is 4.56. The zero-order chi connectivity index (χ0) is 27.1. The topological polar surface area (TPSA) is 135 Å². The summed E-state index contributed by atoms with van der Waals surface area (Å²) in [6.07, 6.45) is -3.81. The minimum absolute atomic E-state index is 0.0348. The molecule has 0 amide bonds. The number of alkyl halides is 2. The van der Waals surface area contributed by atoms with Gasteiger partial charge in [-0.15, -0.1) is 8.78 Å². The number of carbonyl (C=O) groups is 2. The molecule has 0 saturated heterocycles. The number of aromatic nitrogens is 2. The second-order valence-electron chi connectivity index (χ2n) is 9.63. The largest absolute Gasteiger partial charge is 0.586 e. The van der Waals surface area contributed by atoms with E-state index in [9.17, 15) is 23.2 Å². The maximum atomic E-state index is 13.7. The van der Waals surface area contributed by atoms with E-state index in [2.05, 4.69) is 14.5 Å². The van der Waals surface area contributed by atoms with Gasteiger partial charge in [0.05, 0.1) is 41.2 Å². The summed E-state index contributed by atoms with van der Waals surface area (Å²) in [5.41, 5.74) is 5.88. The van der Waals surface area contributed by atoms with Gasteiger partial charge in [0.1, 0.15) is 6.61 Å². The summed E-state index contributed by atoms with van der Waals surface area (Å²) in [4.78, 5) is 45.4. The van der Waals surface area contributed by atoms with Gasteiger partial charge in [-0.3, -0.25) is 14.5 Å². The molecule has 1 atom stereocenters. The lowest BCUT2D eigenvalue weighted by atomic mass is 9.85. The van der Waals surface area contributed by atoms with E-state index in [1.54, 1.807) is 38.1 Å². The number of benzene rings is 1. The number of hydrogen-bond donors (Lipinski definition) is 1. The lowest BCUT2D eigenvalue weighted by Crippen LogP contribution is -2.48. The number of carbonyl (C=O) groups excluding carboxylic acids is 2. The molecule has 6 rings (SSSR count). The van der Waals surface area contributed by atoms with Crippen LogP contribution in [0.5, 0.6) is 11.5 Å². The smallest absolute Gasteiger partial charge is 0.457 e. The van der Waals surface area contributed by atoms with Crippen LogP contribution in [0, 0.1) is 0 Å². The van der Waals surface area contributed by atoms with Crippen LogP contribution in [0.15, 0.2) is 23.0 Å². The standard InChI is InChI=1S/C25H22F2N4O7/c1-4-24(37-18(32)9-30(2)3)14-6-16-20-11(8-31(16)22(33)13(14)10-35-23(24)34)5-12-15(29-20)7-17-21(19(12)28)38-25(26,27)36-17/h5-7H,4,8-10,28H2,1-3H3. The molecule has 0 spiro atoms. The molecule has 0 radical (unpaired) electrons. The summed E-state index contributed by atoms with van der Waals surface area (Å²) in [5, 5.41) is 0.355. The van der Waals surface area contributed by atoms with Gasteiger partial charge in [0.25, 0.3) is 5.56 Å². The molecule has 2 N–H and O–H groups in total. The Kier molecular flexibility index (Phi) is 4.99. The fraction of sp³-hybridized carbons (Fsp3) is 0.360. The predicted octanol–water partition coefficient (Wildman–Crippen LogP) is 2.10. The Morgan fingerprint density at radius 3 is 2.71 bits per heavy atom. The summed E-state index contributed by atoms with van der Waals surface area (Å²) < 4.78 is 48.9. The Labute approximate surface area is 213 Å². The zero-order valence-corrected chi connectivity index (χ0v) is 20.6. The molecule has 38 heavy (non-hydrogen) atoms. The number of anilines is 1. The number of ether oxygens (including phenoxy) is 4. The number of esters is 2. The summed E-state index contributed by atoms with van der Waals surface area (Å²) in [7, 11) is 3.36. The molecule has 5 heterocycles. The molecule has 2 aromatic heterocycles. The van der Waals surface area contributed by atoms with Crippen molar-refractivity contribution in [3.63, 3.8) is 0 Å². The maximum absolute atomic E-state index is 13.7. The highest BCUT2D eigenvalue weighted by atomic mass is 19.3. The highest BCUT2D eigenvalue weighted by Gasteiger charge is 2.50. The first-order chi connectivity index (χ1) is 17.9. The first kappa shape index (κ1) is 24.1. The molecule has 3 aliphatic rings. The normalized spacial score (nSPS) is 20.2. The molecule has 1 unspecified atom stereocenters. The van der Waals surface area contributed by atoms with E-state index in [1.807, 2.05) is 0 Å². The lowest BCUT2D eigenvalue weighted by molar-refractivity contribution is -0.286. The van der Waals surface area contributed by atoms with Crippen LogP contribution in [-0.4, -0.2) is 53.3 Å². The average molecular weight is 528 g/mol. The number of fused-ring (bicyclic) bond motifs is 6. The van der Waals surface area contributed by atoms with Gasteiger partial charge in [-0.05, 0) is 32.6 Å². The van der Waals surface area contributed by atoms with Crippen molar-refractivity contribution in [1.82, 2.24) is 14.5 Å². The lowest BCUT2D eigenvalue weighted by Gasteiger charge is -2.35. The Morgan fingerprint density at radius 1 is 1.24 bits per heavy atom. The second-order valence-corrected chi connectivity index (χ2v) is 9.63. The first-order valence-corrected chi connectivity index (χ1v) is 11.8. The summed E-state index contributed by atoms with van der Waals surface area (Å²) in [5.74, 6) is -1.96. The second kappa shape index (κ2) is 7.87. The Morgan fingerprint density at radius 2 is 2.00 bits per heavy atom. The fourth-order valence-corrected chi connectivity index (χ4v) is 5.20. The number of cyclic esters (lactones) is 1. The van der Waals surface area contributed by atoms with Crippen molar-refractivity contribution in [2.45, 2.75) is 38.4 Å². The van der Waals surface area contributed by atoms with Crippen LogP contribution < -0.4 is 20.8 Å². The van der Waals surface area contributed by atoms with Crippen LogP contribution in [0.2, 0.25) is 0 Å². The highest BCUT2D eigenvalue weighted by Crippen LogP contribution is 2.49. The van der Waals surface area contributed by atoms with Crippen molar-refractivity contribution in [2.75, 3.05) is 26.4 Å². The van der Waals surface area contributed by atoms with Crippen LogP contribution in [0.1, 0.15) is 30.0 Å². The van der Waals surface area contributed by atoms with Crippen molar-refractivity contribution in [1.29, 1.82) is 0 Å². The van der Waals surface area contributed by atoms with Crippen LogP contribution in [0.3, 0.4) is 0 Å². The number of nitrogen functional groups attached to an aromatic ring is 1. The van der Waals surface area contributed by atoms with Gasteiger partial charge in [0, 0.05) is 22.6 Å². The molecular weight excluding hydrogens is 506 g/mol. The maximum Gasteiger partial charge on any atom is 0.586 e. The molecule has 198 valence electrons. The van der Waals surface area contributed by atoms with Gasteiger partial charge in [-0.25, -0.2) is 9.78 Å². The molecule has 11 nitrogen and oxygen atoms in total. The molecule has 0 bridgehead atoms. The van der Waals surface area contributed by atoms with Crippen molar-refractivity contribution >= 4 is 28.5 Å². The van der Waals surface area contributed by atoms with Crippen molar-refractivity contribution in [3.8, 4) is 22.9 Å². The molecular formula is C25H22F2N4O7. The van der Waals surface area contributed by atoms with Crippen LogP contribution in [0.25, 0.3) is 22.3 Å². The van der Waals surface area contributed by atoms with Crippen LogP contribution >= 0.6 is 0 Å². The number of nitrogens with zero attached hydrogens (tertiary/aromatic N) is 3. The van der Waals surface area contributed by atoms with E-state index in [4.69, 9.17) is 15.2 Å². The van der Waals surface area contributed by atoms with Gasteiger partial charge in [-0.1, -0.05) is 6.92 Å². The SMILES string of the molecule is CCC1(OC(=O)CN(C)C)C(=O)OCc2c1cc1n(c2=O)Cc2cc3c(N)c4c(cc3nc2-1)OC(F)(F)O4. The van der Waals surface area contributed by atoms with E-state index in [0.717, 1.165) is 0 Å². The van der Waals surface area contributed by atoms with Gasteiger partial charge < -0.3 is 29.2 Å². The number of rotatable bonds is 4. The number of likely N-dealkylation sites (N-methyl/N-ethyl adjacent to an activating group) is 1. The highest BCUT2D eigenvalue weighted by molar-refractivity contribution is 5.98. The first-order valence-electron chi connectivity index (χ1n) is 11.8. The van der Waals surface area contributed by atoms with E-state index in [1.165, 1.54) is 10.6 Å². The van der Waals surface area contributed by atoms with Gasteiger partial charge in [-0.2, -0.15) is 0 Å². The number of nitrogens with two attached hydrogens (primary N) is 1. The van der Waals surface area contributed by atoms with Crippen LogP contribution in [-0.2, 0) is 37.8 Å². The fourth-order valence-electron chi connectivity index (χ4n) is 5.20. The molecule has 13 heteroatoms. The average Bonchev–Trinajstić information content (AvgIpc) is 3.36. The summed E-state index contributed by atoms with van der Waals surface area (Å²) >= 11 is 0. The molecule has 3 aromatic rings. The third kappa shape index (κ3) is 3.34. The van der Waals surface area contributed by atoms with Gasteiger partial charge in [0.2, 0.25) is 5.60 Å². The Balaban J connectivity index is 1.52. The third-order valence-corrected chi connectivity index (χ3v) is 6.92. The van der Waals surface area contributed by atoms with E-state index < -0.39 is 29.4 Å². The molecule has 3 aliphatic heterocycles. The molecule has 0 aliphatic carbocycles. The van der Waals surface area contributed by atoms with E-state index in [-0.39, 0.29) is 59.9 Å². The number of pyridine rings is 2. The van der Waals surface area contributed by atoms with E-state index >= 15 is 0 Å². The molecule has 0 fully saturated rings. The Hall–Kier alpha value is -4.26. The number of hydrogen-bond acceptors (Lipinski definition) is 10. The van der Waals surface area contributed by atoms with Gasteiger partial charge >= 0.3 is 18.2 Å². The predicted molar refractivity (Wildman–Crippen MR) is 128 cm³/mol. The number of halogens is 2. The summed E-state index contributed by atoms with van der Waals surface area (Å²) in [6.45, 7) is 1.43. The Bertz CT molecular complexity index is 1630. The third-order valence-electron chi connectivity index (χ3n) is 6.92. The van der Waals surface area contributed by atoms with Crippen molar-refractivity contribution < 1.29 is 37.3 Å². The zero-order valence-electron chi connectivity index (χ0n) is 20.6. The quantitative estimate of drug-likeness (QED) is 0.310. The van der Waals surface area contributed by atoms with Crippen molar-refractivity contribution in [2.24, 2.45) is 0 Å². The minimum Gasteiger partial charge on any atom is -0.457 e. The monoisotopic (exact) mass is 528 g/mol. The van der Waals surface area contributed by atoms with Gasteiger partial charge in [0.15, 0.2) is 11.5 Å². The minimum atomic E-state index is -3.85. The van der Waals surface area contributed by atoms with Crippen molar-refractivity contribution in [3.05, 3.63) is 45.2 Å². The molecule has 0 saturated carbocycles. The molecule has 1 aromatic carbocycles. The van der Waals surface area contributed by atoms with E-state index in [0.29, 0.717) is 22.3 Å². The van der Waals surface area contributed by atoms with Crippen LogP contribution in [0.4, 0.5) is 14.5 Å².